The van der Waals surface area contributed by atoms with Gasteiger partial charge in [-0.3, -0.25) is 4.79 Å². The fourth-order valence-corrected chi connectivity index (χ4v) is 3.75. The van der Waals surface area contributed by atoms with Crippen LogP contribution < -0.4 is 11.1 Å². The first-order valence-electron chi connectivity index (χ1n) is 8.20. The lowest BCUT2D eigenvalue weighted by Gasteiger charge is -2.31. The van der Waals surface area contributed by atoms with Crippen LogP contribution in [0.1, 0.15) is 64.7 Å². The molecule has 3 atom stereocenters. The Hall–Kier alpha value is -0.570. The third-order valence-electron chi connectivity index (χ3n) is 5.14. The van der Waals surface area contributed by atoms with Crippen molar-refractivity contribution < 1.29 is 4.79 Å². The van der Waals surface area contributed by atoms with Crippen LogP contribution in [0.3, 0.4) is 0 Å². The molecule has 0 aliphatic heterocycles. The second-order valence-electron chi connectivity index (χ2n) is 6.74. The van der Waals surface area contributed by atoms with Crippen molar-refractivity contribution in [2.24, 2.45) is 23.5 Å². The van der Waals surface area contributed by atoms with Gasteiger partial charge in [-0.2, -0.15) is 0 Å². The predicted molar refractivity (Wildman–Crippen MR) is 78.7 cm³/mol. The van der Waals surface area contributed by atoms with Crippen LogP contribution in [0.25, 0.3) is 0 Å². The lowest BCUT2D eigenvalue weighted by molar-refractivity contribution is -0.127. The van der Waals surface area contributed by atoms with Gasteiger partial charge in [-0.15, -0.1) is 0 Å². The van der Waals surface area contributed by atoms with Crippen molar-refractivity contribution in [2.75, 3.05) is 6.54 Å². The average molecular weight is 266 g/mol. The van der Waals surface area contributed by atoms with Crippen molar-refractivity contribution in [1.29, 1.82) is 0 Å². The van der Waals surface area contributed by atoms with Gasteiger partial charge in [-0.25, -0.2) is 0 Å². The normalized spacial score (nSPS) is 32.4. The summed E-state index contributed by atoms with van der Waals surface area (Å²) in [5.74, 6) is 1.82. The van der Waals surface area contributed by atoms with Crippen molar-refractivity contribution in [1.82, 2.24) is 5.32 Å². The van der Waals surface area contributed by atoms with E-state index in [1.807, 2.05) is 0 Å². The molecule has 2 saturated carbocycles. The summed E-state index contributed by atoms with van der Waals surface area (Å²) in [7, 11) is 0. The molecule has 0 spiro atoms. The molecule has 0 aromatic carbocycles. The van der Waals surface area contributed by atoms with Gasteiger partial charge in [0.15, 0.2) is 0 Å². The number of hydrogen-bond acceptors (Lipinski definition) is 2. The summed E-state index contributed by atoms with van der Waals surface area (Å²) in [5, 5.41) is 3.13. The molecule has 3 nitrogen and oxygen atoms in total. The van der Waals surface area contributed by atoms with Crippen LogP contribution in [0.2, 0.25) is 0 Å². The molecule has 0 saturated heterocycles. The lowest BCUT2D eigenvalue weighted by Crippen LogP contribution is -2.41. The average Bonchev–Trinajstić information content (AvgIpc) is 2.90. The first-order chi connectivity index (χ1) is 9.16. The molecule has 19 heavy (non-hydrogen) atoms. The van der Waals surface area contributed by atoms with Crippen LogP contribution in [0.4, 0.5) is 0 Å². The highest BCUT2D eigenvalue weighted by molar-refractivity contribution is 5.79. The zero-order valence-corrected chi connectivity index (χ0v) is 12.4. The highest BCUT2D eigenvalue weighted by Gasteiger charge is 2.30. The molecule has 3 N–H and O–H groups in total. The molecule has 3 unspecified atom stereocenters. The number of nitrogens with two attached hydrogens (primary N) is 1. The number of carbonyl (C=O) groups is 1. The van der Waals surface area contributed by atoms with Gasteiger partial charge >= 0.3 is 0 Å². The standard InChI is InChI=1S/C16H30N2O/c1-12-8-9-14(17)11-15(12)16(19)18-10-4-7-13-5-2-3-6-13/h12-15H,2-11,17H2,1H3,(H,18,19). The molecule has 2 aliphatic carbocycles. The highest BCUT2D eigenvalue weighted by atomic mass is 16.1. The summed E-state index contributed by atoms with van der Waals surface area (Å²) in [6.07, 6.45) is 11.1. The smallest absolute Gasteiger partial charge is 0.223 e. The van der Waals surface area contributed by atoms with Gasteiger partial charge in [0.25, 0.3) is 0 Å². The minimum absolute atomic E-state index is 0.148. The molecule has 1 amide bonds. The molecule has 0 radical (unpaired) electrons. The lowest BCUT2D eigenvalue weighted by atomic mass is 9.77. The molecule has 3 heteroatoms. The summed E-state index contributed by atoms with van der Waals surface area (Å²) in [4.78, 5) is 12.2. The molecule has 0 aromatic rings. The Balaban J connectivity index is 1.62. The minimum Gasteiger partial charge on any atom is -0.356 e. The molecule has 0 aromatic heterocycles. The van der Waals surface area contributed by atoms with E-state index in [-0.39, 0.29) is 17.9 Å². The Labute approximate surface area is 117 Å². The van der Waals surface area contributed by atoms with E-state index in [1.54, 1.807) is 0 Å². The number of hydrogen-bond donors (Lipinski definition) is 2. The van der Waals surface area contributed by atoms with Crippen molar-refractivity contribution in [2.45, 2.75) is 70.8 Å². The Morgan fingerprint density at radius 3 is 2.68 bits per heavy atom. The molecular weight excluding hydrogens is 236 g/mol. The fraction of sp³-hybridized carbons (Fsp3) is 0.938. The van der Waals surface area contributed by atoms with Crippen LogP contribution in [-0.2, 0) is 4.79 Å². The highest BCUT2D eigenvalue weighted by Crippen LogP contribution is 2.30. The van der Waals surface area contributed by atoms with Crippen LogP contribution in [0.5, 0.6) is 0 Å². The first-order valence-corrected chi connectivity index (χ1v) is 8.20. The van der Waals surface area contributed by atoms with Crippen molar-refractivity contribution in [3.63, 3.8) is 0 Å². The largest absolute Gasteiger partial charge is 0.356 e. The number of rotatable bonds is 5. The van der Waals surface area contributed by atoms with E-state index >= 15 is 0 Å². The Morgan fingerprint density at radius 1 is 1.21 bits per heavy atom. The van der Waals surface area contributed by atoms with Gasteiger partial charge in [0.05, 0.1) is 0 Å². The molecular formula is C16H30N2O. The van der Waals surface area contributed by atoms with Crippen LogP contribution in [0, 0.1) is 17.8 Å². The number of amides is 1. The molecule has 110 valence electrons. The maximum atomic E-state index is 12.2. The molecule has 2 rings (SSSR count). The summed E-state index contributed by atoms with van der Waals surface area (Å²) in [6, 6.07) is 0.227. The fourth-order valence-electron chi connectivity index (χ4n) is 3.75. The van der Waals surface area contributed by atoms with Gasteiger partial charge in [0.2, 0.25) is 5.91 Å². The van der Waals surface area contributed by atoms with E-state index in [4.69, 9.17) is 5.73 Å². The maximum Gasteiger partial charge on any atom is 0.223 e. The zero-order valence-electron chi connectivity index (χ0n) is 12.4. The minimum atomic E-state index is 0.148. The summed E-state index contributed by atoms with van der Waals surface area (Å²) < 4.78 is 0. The molecule has 2 fully saturated rings. The number of carbonyl (C=O) groups excluding carboxylic acids is 1. The van der Waals surface area contributed by atoms with Crippen molar-refractivity contribution in [3.8, 4) is 0 Å². The summed E-state index contributed by atoms with van der Waals surface area (Å²) >= 11 is 0. The SMILES string of the molecule is CC1CCC(N)CC1C(=O)NCCCC1CCCC1. The van der Waals surface area contributed by atoms with Crippen molar-refractivity contribution in [3.05, 3.63) is 0 Å². The third-order valence-corrected chi connectivity index (χ3v) is 5.14. The summed E-state index contributed by atoms with van der Waals surface area (Å²) in [6.45, 7) is 3.04. The molecule has 0 bridgehead atoms. The maximum absolute atomic E-state index is 12.2. The van der Waals surface area contributed by atoms with Crippen LogP contribution in [-0.4, -0.2) is 18.5 Å². The number of nitrogens with one attached hydrogen (secondary N) is 1. The van der Waals surface area contributed by atoms with Crippen LogP contribution in [0.15, 0.2) is 0 Å². The van der Waals surface area contributed by atoms with Crippen LogP contribution >= 0.6 is 0 Å². The Kier molecular flexibility index (Phi) is 5.68. The topological polar surface area (TPSA) is 55.1 Å². The van der Waals surface area contributed by atoms with Gasteiger partial charge in [0, 0.05) is 18.5 Å². The van der Waals surface area contributed by atoms with Crippen molar-refractivity contribution >= 4 is 5.91 Å². The third kappa shape index (κ3) is 4.48. The Morgan fingerprint density at radius 2 is 1.95 bits per heavy atom. The zero-order chi connectivity index (χ0) is 13.7. The monoisotopic (exact) mass is 266 g/mol. The van der Waals surface area contributed by atoms with E-state index < -0.39 is 0 Å². The van der Waals surface area contributed by atoms with E-state index in [9.17, 15) is 4.79 Å². The van der Waals surface area contributed by atoms with E-state index in [1.165, 1.54) is 32.1 Å². The van der Waals surface area contributed by atoms with E-state index in [2.05, 4.69) is 12.2 Å². The van der Waals surface area contributed by atoms with E-state index in [0.29, 0.717) is 5.92 Å². The molecule has 2 aliphatic rings. The predicted octanol–water partition coefficient (Wildman–Crippen LogP) is 2.84. The molecule has 0 heterocycles. The second-order valence-corrected chi connectivity index (χ2v) is 6.74. The van der Waals surface area contributed by atoms with Gasteiger partial charge in [-0.05, 0) is 43.9 Å². The second kappa shape index (κ2) is 7.28. The quantitative estimate of drug-likeness (QED) is 0.752. The van der Waals surface area contributed by atoms with Gasteiger partial charge in [-0.1, -0.05) is 32.6 Å². The van der Waals surface area contributed by atoms with Gasteiger partial charge < -0.3 is 11.1 Å². The van der Waals surface area contributed by atoms with E-state index in [0.717, 1.165) is 38.1 Å². The first kappa shape index (κ1) is 14.8. The van der Waals surface area contributed by atoms with Gasteiger partial charge in [0.1, 0.15) is 0 Å². The Bertz CT molecular complexity index is 286. The summed E-state index contributed by atoms with van der Waals surface area (Å²) in [5.41, 5.74) is 5.98.